The van der Waals surface area contributed by atoms with Crippen LogP contribution in [0.5, 0.6) is 0 Å². The van der Waals surface area contributed by atoms with Crippen LogP contribution < -0.4 is 10.6 Å². The molecule has 3 aromatic rings. The fourth-order valence-corrected chi connectivity index (χ4v) is 4.48. The van der Waals surface area contributed by atoms with E-state index in [0.29, 0.717) is 37.3 Å². The lowest BCUT2D eigenvalue weighted by atomic mass is 9.89. The first-order valence-electron chi connectivity index (χ1n) is 12.1. The van der Waals surface area contributed by atoms with Crippen LogP contribution in [0.4, 0.5) is 24.5 Å². The van der Waals surface area contributed by atoms with Crippen LogP contribution in [-0.4, -0.2) is 40.7 Å². The van der Waals surface area contributed by atoms with Crippen molar-refractivity contribution in [3.05, 3.63) is 88.7 Å². The number of benzene rings is 2. The largest absolute Gasteiger partial charge is 0.433 e. The number of halogens is 3. The molecular formula is C28H27F3N4O3. The quantitative estimate of drug-likeness (QED) is 0.453. The number of amides is 3. The third kappa shape index (κ3) is 6.19. The molecule has 0 spiro atoms. The van der Waals surface area contributed by atoms with Crippen molar-refractivity contribution in [3.8, 4) is 0 Å². The van der Waals surface area contributed by atoms with Gasteiger partial charge in [-0.3, -0.25) is 19.4 Å². The van der Waals surface area contributed by atoms with Gasteiger partial charge in [-0.05, 0) is 73.6 Å². The predicted octanol–water partition coefficient (Wildman–Crippen LogP) is 5.31. The zero-order chi connectivity index (χ0) is 27.4. The molecule has 1 fully saturated rings. The van der Waals surface area contributed by atoms with Gasteiger partial charge in [-0.2, -0.15) is 13.2 Å². The zero-order valence-corrected chi connectivity index (χ0v) is 20.9. The minimum atomic E-state index is -4.57. The van der Waals surface area contributed by atoms with Crippen LogP contribution in [0.25, 0.3) is 0 Å². The Morgan fingerprint density at radius 2 is 1.53 bits per heavy atom. The molecule has 1 aromatic heterocycles. The highest BCUT2D eigenvalue weighted by atomic mass is 19.4. The number of likely N-dealkylation sites (tertiary alicyclic amines) is 1. The number of piperidine rings is 1. The Bertz CT molecular complexity index is 1310. The van der Waals surface area contributed by atoms with Gasteiger partial charge in [0.25, 0.3) is 5.91 Å². The number of carbonyl (C=O) groups is 3. The minimum absolute atomic E-state index is 0.0146. The molecule has 4 rings (SSSR count). The summed E-state index contributed by atoms with van der Waals surface area (Å²) in [5.41, 5.74) is 2.91. The van der Waals surface area contributed by atoms with E-state index in [1.165, 1.54) is 0 Å². The average molecular weight is 525 g/mol. The van der Waals surface area contributed by atoms with Gasteiger partial charge < -0.3 is 15.5 Å². The molecule has 0 saturated carbocycles. The van der Waals surface area contributed by atoms with Crippen molar-refractivity contribution in [2.45, 2.75) is 38.8 Å². The van der Waals surface area contributed by atoms with Crippen LogP contribution in [0.3, 0.4) is 0 Å². The van der Waals surface area contributed by atoms with Crippen LogP contribution in [0, 0.1) is 13.8 Å². The molecule has 198 valence electrons. The van der Waals surface area contributed by atoms with Gasteiger partial charge in [-0.25, -0.2) is 0 Å². The second-order valence-electron chi connectivity index (χ2n) is 9.29. The number of alkyl halides is 3. The van der Waals surface area contributed by atoms with E-state index in [1.54, 1.807) is 17.0 Å². The van der Waals surface area contributed by atoms with Gasteiger partial charge in [-0.15, -0.1) is 0 Å². The number of pyridine rings is 1. The maximum absolute atomic E-state index is 12.7. The number of carbonyl (C=O) groups excluding carboxylic acids is 3. The Morgan fingerprint density at radius 3 is 2.08 bits per heavy atom. The third-order valence-corrected chi connectivity index (χ3v) is 6.65. The number of hydrogen-bond acceptors (Lipinski definition) is 4. The molecule has 2 aromatic carbocycles. The minimum Gasteiger partial charge on any atom is -0.334 e. The summed E-state index contributed by atoms with van der Waals surface area (Å²) in [6.45, 7) is 4.65. The van der Waals surface area contributed by atoms with Gasteiger partial charge in [0, 0.05) is 30.7 Å². The number of aromatic nitrogens is 1. The third-order valence-electron chi connectivity index (χ3n) is 6.65. The highest BCUT2D eigenvalue weighted by molar-refractivity contribution is 6.39. The van der Waals surface area contributed by atoms with Crippen LogP contribution in [-0.2, 0) is 15.8 Å². The lowest BCUT2D eigenvalue weighted by Crippen LogP contribution is -2.44. The summed E-state index contributed by atoms with van der Waals surface area (Å²) < 4.78 is 38.0. The molecule has 0 bridgehead atoms. The molecular weight excluding hydrogens is 497 g/mol. The highest BCUT2D eigenvalue weighted by Crippen LogP contribution is 2.30. The number of rotatable bonds is 4. The molecule has 0 aliphatic carbocycles. The lowest BCUT2D eigenvalue weighted by molar-refractivity contribution is -0.143. The van der Waals surface area contributed by atoms with Gasteiger partial charge in [-0.1, -0.05) is 30.3 Å². The van der Waals surface area contributed by atoms with Crippen LogP contribution in [0.2, 0.25) is 0 Å². The van der Waals surface area contributed by atoms with E-state index in [1.807, 2.05) is 44.2 Å². The lowest BCUT2D eigenvalue weighted by Gasteiger charge is -2.32. The van der Waals surface area contributed by atoms with Gasteiger partial charge in [0.15, 0.2) is 0 Å². The summed E-state index contributed by atoms with van der Waals surface area (Å²) in [5.74, 6) is -1.58. The Hall–Kier alpha value is -4.21. The average Bonchev–Trinajstić information content (AvgIpc) is 2.90. The van der Waals surface area contributed by atoms with E-state index >= 15 is 0 Å². The van der Waals surface area contributed by atoms with E-state index in [-0.39, 0.29) is 11.5 Å². The molecule has 1 aliphatic heterocycles. The molecule has 38 heavy (non-hydrogen) atoms. The molecule has 2 N–H and O–H groups in total. The fraction of sp³-hybridized carbons (Fsp3) is 0.286. The molecule has 1 saturated heterocycles. The van der Waals surface area contributed by atoms with E-state index in [4.69, 9.17) is 0 Å². The van der Waals surface area contributed by atoms with Gasteiger partial charge in [0.1, 0.15) is 5.69 Å². The predicted molar refractivity (Wildman–Crippen MR) is 137 cm³/mol. The normalized spacial score (nSPS) is 14.2. The van der Waals surface area contributed by atoms with E-state index in [9.17, 15) is 27.6 Å². The molecule has 1 aliphatic rings. The standard InChI is InChI=1S/C28H27F3N4O3/c1-17-4-3-5-18(2)24(17)34-26(37)27(38)35-14-12-20(13-15-35)19-6-9-22(10-7-19)33-25(36)21-8-11-23(32-16-21)28(29,30)31/h3-11,16,20H,12-15H2,1-2H3,(H,33,36)(H,34,37). The van der Waals surface area contributed by atoms with Crippen LogP contribution in [0.15, 0.2) is 60.8 Å². The van der Waals surface area contributed by atoms with Crippen molar-refractivity contribution in [2.24, 2.45) is 0 Å². The number of nitrogens with zero attached hydrogens (tertiary/aromatic N) is 2. The molecule has 0 unspecified atom stereocenters. The van der Waals surface area contributed by atoms with Gasteiger partial charge >= 0.3 is 18.0 Å². The van der Waals surface area contributed by atoms with Crippen molar-refractivity contribution in [3.63, 3.8) is 0 Å². The Labute approximate surface area is 218 Å². The molecule has 10 heteroatoms. The number of aryl methyl sites for hydroxylation is 2. The van der Waals surface area contributed by atoms with Crippen molar-refractivity contribution in [1.82, 2.24) is 9.88 Å². The number of hydrogen-bond donors (Lipinski definition) is 2. The van der Waals surface area contributed by atoms with Crippen molar-refractivity contribution in [2.75, 3.05) is 23.7 Å². The first-order valence-corrected chi connectivity index (χ1v) is 12.1. The molecule has 7 nitrogen and oxygen atoms in total. The fourth-order valence-electron chi connectivity index (χ4n) is 4.48. The van der Waals surface area contributed by atoms with Crippen LogP contribution in [0.1, 0.15) is 51.5 Å². The summed E-state index contributed by atoms with van der Waals surface area (Å²) in [6, 6.07) is 14.7. The van der Waals surface area contributed by atoms with Gasteiger partial charge in [0.2, 0.25) is 0 Å². The van der Waals surface area contributed by atoms with E-state index < -0.39 is 29.6 Å². The first kappa shape index (κ1) is 26.8. The molecule has 0 atom stereocenters. The smallest absolute Gasteiger partial charge is 0.334 e. The maximum Gasteiger partial charge on any atom is 0.433 e. The van der Waals surface area contributed by atoms with Crippen molar-refractivity contribution in [1.29, 1.82) is 0 Å². The molecule has 2 heterocycles. The number of nitrogens with one attached hydrogen (secondary N) is 2. The van der Waals surface area contributed by atoms with Crippen molar-refractivity contribution >= 4 is 29.1 Å². The van der Waals surface area contributed by atoms with Crippen LogP contribution >= 0.6 is 0 Å². The Balaban J connectivity index is 1.30. The van der Waals surface area contributed by atoms with E-state index in [2.05, 4.69) is 15.6 Å². The number of para-hydroxylation sites is 1. The maximum atomic E-state index is 12.7. The Kier molecular flexibility index (Phi) is 7.80. The summed E-state index contributed by atoms with van der Waals surface area (Å²) in [7, 11) is 0. The molecule has 0 radical (unpaired) electrons. The molecule has 3 amide bonds. The Morgan fingerprint density at radius 1 is 0.895 bits per heavy atom. The van der Waals surface area contributed by atoms with Gasteiger partial charge in [0.05, 0.1) is 5.56 Å². The zero-order valence-electron chi connectivity index (χ0n) is 20.9. The van der Waals surface area contributed by atoms with E-state index in [0.717, 1.165) is 35.0 Å². The summed E-state index contributed by atoms with van der Waals surface area (Å²) in [4.78, 5) is 42.5. The summed E-state index contributed by atoms with van der Waals surface area (Å²) in [5, 5.41) is 5.39. The SMILES string of the molecule is Cc1cccc(C)c1NC(=O)C(=O)N1CCC(c2ccc(NC(=O)c3ccc(C(F)(F)F)nc3)cc2)CC1. The summed E-state index contributed by atoms with van der Waals surface area (Å²) in [6.07, 6.45) is -2.30. The second kappa shape index (κ2) is 11.0. The second-order valence-corrected chi connectivity index (χ2v) is 9.29. The topological polar surface area (TPSA) is 91.4 Å². The highest BCUT2D eigenvalue weighted by Gasteiger charge is 2.32. The monoisotopic (exact) mass is 524 g/mol. The summed E-state index contributed by atoms with van der Waals surface area (Å²) >= 11 is 0. The first-order chi connectivity index (χ1) is 18.0. The van der Waals surface area contributed by atoms with Crippen molar-refractivity contribution < 1.29 is 27.6 Å². The number of anilines is 2.